The molecule has 0 aromatic heterocycles. The van der Waals surface area contributed by atoms with Crippen molar-refractivity contribution < 1.29 is 9.59 Å². The molecule has 4 nitrogen and oxygen atoms in total. The van der Waals surface area contributed by atoms with Gasteiger partial charge in [-0.25, -0.2) is 0 Å². The second-order valence-electron chi connectivity index (χ2n) is 4.64. The summed E-state index contributed by atoms with van der Waals surface area (Å²) >= 11 is 0. The monoisotopic (exact) mass is 206 g/mol. The highest BCUT2D eigenvalue weighted by Gasteiger charge is 2.52. The van der Waals surface area contributed by atoms with Crippen LogP contribution in [-0.2, 0) is 9.59 Å². The van der Waals surface area contributed by atoms with Crippen LogP contribution in [0, 0.1) is 29.1 Å². The van der Waals surface area contributed by atoms with Crippen LogP contribution in [0.3, 0.4) is 0 Å². The third-order valence-electron chi connectivity index (χ3n) is 3.48. The van der Waals surface area contributed by atoms with Crippen LogP contribution in [0.15, 0.2) is 0 Å². The molecule has 0 radical (unpaired) electrons. The van der Waals surface area contributed by atoms with Crippen molar-refractivity contribution in [2.24, 2.45) is 17.8 Å². The van der Waals surface area contributed by atoms with Gasteiger partial charge in [0.05, 0.1) is 17.9 Å². The Morgan fingerprint density at radius 1 is 1.33 bits per heavy atom. The van der Waals surface area contributed by atoms with E-state index in [1.165, 1.54) is 0 Å². The first-order valence-corrected chi connectivity index (χ1v) is 5.32. The Morgan fingerprint density at radius 3 is 2.20 bits per heavy atom. The normalized spacial score (nSPS) is 36.6. The van der Waals surface area contributed by atoms with Gasteiger partial charge >= 0.3 is 0 Å². The third kappa shape index (κ3) is 1.34. The fourth-order valence-electron chi connectivity index (χ4n) is 2.74. The minimum atomic E-state index is -0.620. The molecule has 80 valence electrons. The second-order valence-corrected chi connectivity index (χ2v) is 4.64. The first kappa shape index (κ1) is 10.2. The highest BCUT2D eigenvalue weighted by Crippen LogP contribution is 2.43. The van der Waals surface area contributed by atoms with E-state index in [0.717, 1.165) is 17.7 Å². The molecule has 2 amide bonds. The molecule has 2 rings (SSSR count). The van der Waals surface area contributed by atoms with Crippen molar-refractivity contribution in [2.75, 3.05) is 0 Å². The maximum Gasteiger partial charge on any atom is 0.234 e. The number of carbonyl (C=O) groups excluding carboxylic acids is 2. The lowest BCUT2D eigenvalue weighted by Crippen LogP contribution is -2.38. The number of imide groups is 1. The summed E-state index contributed by atoms with van der Waals surface area (Å²) < 4.78 is 0. The maximum absolute atomic E-state index is 11.9. The minimum Gasteiger partial charge on any atom is -0.274 e. The zero-order valence-corrected chi connectivity index (χ0v) is 8.93. The molecule has 0 spiro atoms. The summed E-state index contributed by atoms with van der Waals surface area (Å²) in [5.74, 6) is -0.120. The lowest BCUT2D eigenvalue weighted by atomic mass is 10.00. The van der Waals surface area contributed by atoms with Crippen LogP contribution in [0.4, 0.5) is 0 Å². The van der Waals surface area contributed by atoms with E-state index >= 15 is 0 Å². The van der Waals surface area contributed by atoms with E-state index < -0.39 is 6.04 Å². The van der Waals surface area contributed by atoms with Crippen molar-refractivity contribution in [1.82, 2.24) is 4.90 Å². The van der Waals surface area contributed by atoms with Crippen molar-refractivity contribution in [3.63, 3.8) is 0 Å². The fourth-order valence-corrected chi connectivity index (χ4v) is 2.74. The number of hydrogen-bond acceptors (Lipinski definition) is 3. The summed E-state index contributed by atoms with van der Waals surface area (Å²) in [6, 6.07) is 1.33. The Bertz CT molecular complexity index is 334. The standard InChI is InChI=1S/C11H14N2O2/c1-6-3-8-9(4-6)11(15)13(10(8)14)7(2)5-12/h6-9H,3-4H2,1-2H3. The zero-order chi connectivity index (χ0) is 11.2. The zero-order valence-electron chi connectivity index (χ0n) is 8.93. The quantitative estimate of drug-likeness (QED) is 0.599. The molecular weight excluding hydrogens is 192 g/mol. The van der Waals surface area contributed by atoms with E-state index in [2.05, 4.69) is 6.92 Å². The molecule has 1 aliphatic carbocycles. The summed E-state index contributed by atoms with van der Waals surface area (Å²) in [5.41, 5.74) is 0. The van der Waals surface area contributed by atoms with Gasteiger partial charge in [-0.15, -0.1) is 0 Å². The minimum absolute atomic E-state index is 0.136. The average molecular weight is 206 g/mol. The number of amides is 2. The molecule has 15 heavy (non-hydrogen) atoms. The van der Waals surface area contributed by atoms with Crippen molar-refractivity contribution in [2.45, 2.75) is 32.7 Å². The van der Waals surface area contributed by atoms with Gasteiger partial charge in [0.25, 0.3) is 0 Å². The van der Waals surface area contributed by atoms with E-state index in [0.29, 0.717) is 5.92 Å². The van der Waals surface area contributed by atoms with E-state index in [-0.39, 0.29) is 23.7 Å². The largest absolute Gasteiger partial charge is 0.274 e. The predicted molar refractivity (Wildman–Crippen MR) is 52.3 cm³/mol. The summed E-state index contributed by atoms with van der Waals surface area (Å²) in [7, 11) is 0. The van der Waals surface area contributed by atoms with Crippen LogP contribution < -0.4 is 0 Å². The van der Waals surface area contributed by atoms with Crippen LogP contribution in [-0.4, -0.2) is 22.8 Å². The fraction of sp³-hybridized carbons (Fsp3) is 0.727. The molecular formula is C11H14N2O2. The Kier molecular flexibility index (Phi) is 2.26. The summed E-state index contributed by atoms with van der Waals surface area (Å²) in [5, 5.41) is 8.75. The van der Waals surface area contributed by atoms with E-state index in [1.54, 1.807) is 6.92 Å². The number of fused-ring (bicyclic) bond motifs is 1. The lowest BCUT2D eigenvalue weighted by Gasteiger charge is -2.18. The van der Waals surface area contributed by atoms with Gasteiger partial charge in [-0.2, -0.15) is 5.26 Å². The molecule has 0 N–H and O–H groups in total. The Labute approximate surface area is 88.9 Å². The number of likely N-dealkylation sites (tertiary alicyclic amines) is 1. The maximum atomic E-state index is 11.9. The molecule has 1 saturated carbocycles. The predicted octanol–water partition coefficient (Wildman–Crippen LogP) is 0.930. The van der Waals surface area contributed by atoms with Gasteiger partial charge in [-0.3, -0.25) is 14.5 Å². The van der Waals surface area contributed by atoms with E-state index in [4.69, 9.17) is 5.26 Å². The molecule has 0 aromatic carbocycles. The molecule has 1 heterocycles. The number of nitriles is 1. The Morgan fingerprint density at radius 2 is 1.80 bits per heavy atom. The highest BCUT2D eigenvalue weighted by molar-refractivity contribution is 6.06. The summed E-state index contributed by atoms with van der Waals surface area (Å²) in [6.07, 6.45) is 1.59. The Balaban J connectivity index is 2.25. The second kappa shape index (κ2) is 3.34. The van der Waals surface area contributed by atoms with Gasteiger partial charge in [-0.05, 0) is 25.7 Å². The molecule has 2 aliphatic rings. The number of hydrogen-bond donors (Lipinski definition) is 0. The van der Waals surface area contributed by atoms with Crippen LogP contribution in [0.2, 0.25) is 0 Å². The van der Waals surface area contributed by atoms with E-state index in [9.17, 15) is 9.59 Å². The van der Waals surface area contributed by atoms with Gasteiger partial charge in [0.2, 0.25) is 11.8 Å². The first-order valence-electron chi connectivity index (χ1n) is 5.32. The molecule has 3 atom stereocenters. The topological polar surface area (TPSA) is 61.2 Å². The van der Waals surface area contributed by atoms with Crippen LogP contribution in [0.5, 0.6) is 0 Å². The van der Waals surface area contributed by atoms with Crippen molar-refractivity contribution in [3.8, 4) is 6.07 Å². The number of carbonyl (C=O) groups is 2. The SMILES string of the molecule is CC1CC2C(=O)N(C(C)C#N)C(=O)C2C1. The molecule has 1 saturated heterocycles. The van der Waals surface area contributed by atoms with Gasteiger partial charge in [0, 0.05) is 0 Å². The van der Waals surface area contributed by atoms with Gasteiger partial charge in [0.15, 0.2) is 0 Å². The first-order chi connectivity index (χ1) is 7.06. The van der Waals surface area contributed by atoms with Crippen molar-refractivity contribution in [1.29, 1.82) is 5.26 Å². The third-order valence-corrected chi connectivity index (χ3v) is 3.48. The average Bonchev–Trinajstić information content (AvgIpc) is 2.67. The molecule has 4 heteroatoms. The van der Waals surface area contributed by atoms with Gasteiger partial charge in [0.1, 0.15) is 6.04 Å². The lowest BCUT2D eigenvalue weighted by molar-refractivity contribution is -0.141. The number of rotatable bonds is 1. The smallest absolute Gasteiger partial charge is 0.234 e. The molecule has 2 fully saturated rings. The molecule has 3 unspecified atom stereocenters. The molecule has 1 aliphatic heterocycles. The Hall–Kier alpha value is -1.37. The van der Waals surface area contributed by atoms with Crippen molar-refractivity contribution in [3.05, 3.63) is 0 Å². The molecule has 0 aromatic rings. The summed E-state index contributed by atoms with van der Waals surface area (Å²) in [6.45, 7) is 3.66. The van der Waals surface area contributed by atoms with Crippen LogP contribution >= 0.6 is 0 Å². The molecule has 0 bridgehead atoms. The highest BCUT2D eigenvalue weighted by atomic mass is 16.2. The number of nitrogens with zero attached hydrogens (tertiary/aromatic N) is 2. The van der Waals surface area contributed by atoms with Crippen molar-refractivity contribution >= 4 is 11.8 Å². The van der Waals surface area contributed by atoms with Crippen LogP contribution in [0.1, 0.15) is 26.7 Å². The van der Waals surface area contributed by atoms with Gasteiger partial charge in [-0.1, -0.05) is 6.92 Å². The van der Waals surface area contributed by atoms with Crippen LogP contribution in [0.25, 0.3) is 0 Å². The van der Waals surface area contributed by atoms with Gasteiger partial charge < -0.3 is 0 Å². The summed E-state index contributed by atoms with van der Waals surface area (Å²) in [4.78, 5) is 24.9. The van der Waals surface area contributed by atoms with E-state index in [1.807, 2.05) is 6.07 Å².